The standard InChI is InChI=1S/C8H9NO5S/c1-14-5-2-3-6(8(10)11)7(4-5)15(9,12)13/h2-4H,1H3,(H,10,11)(H2,9,12,13). The average Bonchev–Trinajstić information content (AvgIpc) is 2.15. The van der Waals surface area contributed by atoms with Crippen molar-refractivity contribution < 1.29 is 23.1 Å². The molecule has 0 aromatic heterocycles. The molecule has 7 heteroatoms. The van der Waals surface area contributed by atoms with Crippen LogP contribution in [0.3, 0.4) is 0 Å². The Morgan fingerprint density at radius 1 is 1.47 bits per heavy atom. The lowest BCUT2D eigenvalue weighted by molar-refractivity contribution is 0.0692. The minimum absolute atomic E-state index is 0.226. The first-order chi connectivity index (χ1) is 6.86. The molecule has 0 radical (unpaired) electrons. The van der Waals surface area contributed by atoms with E-state index in [4.69, 9.17) is 15.0 Å². The molecule has 0 aliphatic heterocycles. The number of carboxylic acid groups (broad SMARTS) is 1. The Morgan fingerprint density at radius 2 is 2.07 bits per heavy atom. The van der Waals surface area contributed by atoms with Crippen LogP contribution >= 0.6 is 0 Å². The van der Waals surface area contributed by atoms with E-state index in [1.54, 1.807) is 0 Å². The lowest BCUT2D eigenvalue weighted by Crippen LogP contribution is -2.16. The van der Waals surface area contributed by atoms with E-state index in [1.165, 1.54) is 13.2 Å². The molecule has 0 fully saturated rings. The van der Waals surface area contributed by atoms with Crippen molar-refractivity contribution in [2.75, 3.05) is 7.11 Å². The third kappa shape index (κ3) is 2.45. The van der Waals surface area contributed by atoms with E-state index >= 15 is 0 Å². The Morgan fingerprint density at radius 3 is 2.47 bits per heavy atom. The maximum atomic E-state index is 11.1. The molecule has 0 bridgehead atoms. The summed E-state index contributed by atoms with van der Waals surface area (Å²) >= 11 is 0. The van der Waals surface area contributed by atoms with Crippen LogP contribution in [-0.2, 0) is 10.0 Å². The van der Waals surface area contributed by atoms with Crippen molar-refractivity contribution in [3.8, 4) is 5.75 Å². The molecule has 3 N–H and O–H groups in total. The second-order valence-corrected chi connectivity index (χ2v) is 4.24. The first-order valence-corrected chi connectivity index (χ1v) is 5.35. The van der Waals surface area contributed by atoms with Crippen molar-refractivity contribution in [2.45, 2.75) is 4.90 Å². The van der Waals surface area contributed by atoms with Crippen molar-refractivity contribution >= 4 is 16.0 Å². The molecule has 0 amide bonds. The van der Waals surface area contributed by atoms with Crippen LogP contribution in [0.15, 0.2) is 23.1 Å². The number of carbonyl (C=O) groups is 1. The Balaban J connectivity index is 3.50. The van der Waals surface area contributed by atoms with Crippen LogP contribution < -0.4 is 9.88 Å². The Labute approximate surface area is 86.3 Å². The summed E-state index contributed by atoms with van der Waals surface area (Å²) in [5.41, 5.74) is -0.377. The lowest BCUT2D eigenvalue weighted by Gasteiger charge is -2.06. The summed E-state index contributed by atoms with van der Waals surface area (Å²) in [5, 5.41) is 13.6. The molecule has 1 aromatic carbocycles. The highest BCUT2D eigenvalue weighted by Gasteiger charge is 2.19. The third-order valence-electron chi connectivity index (χ3n) is 1.73. The van der Waals surface area contributed by atoms with Crippen LogP contribution in [0.1, 0.15) is 10.4 Å². The molecule has 0 unspecified atom stereocenters. The van der Waals surface area contributed by atoms with Crippen LogP contribution in [0.5, 0.6) is 5.75 Å². The molecule has 0 atom stereocenters. The number of ether oxygens (including phenoxy) is 1. The van der Waals surface area contributed by atoms with E-state index in [1.807, 2.05) is 0 Å². The molecule has 0 spiro atoms. The molecule has 82 valence electrons. The average molecular weight is 231 g/mol. The van der Waals surface area contributed by atoms with Crippen molar-refractivity contribution in [1.82, 2.24) is 0 Å². The van der Waals surface area contributed by atoms with Crippen LogP contribution in [0, 0.1) is 0 Å². The zero-order chi connectivity index (χ0) is 11.6. The summed E-state index contributed by atoms with van der Waals surface area (Å²) in [4.78, 5) is 10.2. The number of aromatic carboxylic acids is 1. The second kappa shape index (κ2) is 3.87. The fourth-order valence-electron chi connectivity index (χ4n) is 1.04. The zero-order valence-electron chi connectivity index (χ0n) is 7.80. The van der Waals surface area contributed by atoms with E-state index in [0.29, 0.717) is 0 Å². The molecular weight excluding hydrogens is 222 g/mol. The second-order valence-electron chi connectivity index (χ2n) is 2.71. The number of carboxylic acids is 1. The van der Waals surface area contributed by atoms with Crippen LogP contribution in [0.2, 0.25) is 0 Å². The normalized spacial score (nSPS) is 11.1. The Hall–Kier alpha value is -1.60. The predicted octanol–water partition coefficient (Wildman–Crippen LogP) is 0.0408. The summed E-state index contributed by atoms with van der Waals surface area (Å²) in [6.07, 6.45) is 0. The molecule has 0 aliphatic carbocycles. The SMILES string of the molecule is COc1ccc(C(=O)O)c(S(N)(=O)=O)c1. The van der Waals surface area contributed by atoms with Gasteiger partial charge in [0.2, 0.25) is 10.0 Å². The number of rotatable bonds is 3. The first kappa shape index (κ1) is 11.5. The monoisotopic (exact) mass is 231 g/mol. The molecule has 0 saturated carbocycles. The van der Waals surface area contributed by atoms with E-state index in [0.717, 1.165) is 12.1 Å². The number of primary sulfonamides is 1. The summed E-state index contributed by atoms with van der Waals surface area (Å²) < 4.78 is 26.9. The van der Waals surface area contributed by atoms with E-state index in [2.05, 4.69) is 0 Å². The van der Waals surface area contributed by atoms with Crippen LogP contribution in [0.4, 0.5) is 0 Å². The predicted molar refractivity (Wildman–Crippen MR) is 51.3 cm³/mol. The molecule has 0 heterocycles. The van der Waals surface area contributed by atoms with Gasteiger partial charge < -0.3 is 9.84 Å². The van der Waals surface area contributed by atoms with Gasteiger partial charge >= 0.3 is 5.97 Å². The number of hydrogen-bond acceptors (Lipinski definition) is 4. The number of nitrogens with two attached hydrogens (primary N) is 1. The van der Waals surface area contributed by atoms with Gasteiger partial charge in [0.15, 0.2) is 0 Å². The maximum absolute atomic E-state index is 11.1. The van der Waals surface area contributed by atoms with Crippen molar-refractivity contribution in [1.29, 1.82) is 0 Å². The number of benzene rings is 1. The highest BCUT2D eigenvalue weighted by atomic mass is 32.2. The number of hydrogen-bond donors (Lipinski definition) is 2. The number of sulfonamides is 1. The molecule has 1 aromatic rings. The smallest absolute Gasteiger partial charge is 0.337 e. The van der Waals surface area contributed by atoms with Gasteiger partial charge in [-0.1, -0.05) is 0 Å². The van der Waals surface area contributed by atoms with Crippen LogP contribution in [0.25, 0.3) is 0 Å². The quantitative estimate of drug-likeness (QED) is 0.763. The van der Waals surface area contributed by atoms with E-state index in [9.17, 15) is 13.2 Å². The Bertz CT molecular complexity index is 494. The molecule has 0 aliphatic rings. The molecule has 6 nitrogen and oxygen atoms in total. The molecule has 0 saturated heterocycles. The van der Waals surface area contributed by atoms with Crippen molar-refractivity contribution in [3.63, 3.8) is 0 Å². The van der Waals surface area contributed by atoms with Gasteiger partial charge in [-0.15, -0.1) is 0 Å². The van der Waals surface area contributed by atoms with Gasteiger partial charge in [0.05, 0.1) is 17.6 Å². The van der Waals surface area contributed by atoms with Gasteiger partial charge in [0.1, 0.15) is 5.75 Å². The lowest BCUT2D eigenvalue weighted by atomic mass is 10.2. The van der Waals surface area contributed by atoms with Crippen molar-refractivity contribution in [3.05, 3.63) is 23.8 Å². The van der Waals surface area contributed by atoms with E-state index in [-0.39, 0.29) is 11.3 Å². The summed E-state index contributed by atoms with van der Waals surface area (Å²) in [7, 11) is -2.74. The summed E-state index contributed by atoms with van der Waals surface area (Å²) in [5.74, 6) is -1.13. The Kier molecular flexibility index (Phi) is 2.96. The van der Waals surface area contributed by atoms with Gasteiger partial charge in [0.25, 0.3) is 0 Å². The minimum atomic E-state index is -4.07. The third-order valence-corrected chi connectivity index (χ3v) is 2.68. The maximum Gasteiger partial charge on any atom is 0.337 e. The summed E-state index contributed by atoms with van der Waals surface area (Å²) in [6, 6.07) is 3.54. The number of methoxy groups -OCH3 is 1. The molecule has 1 rings (SSSR count). The highest BCUT2D eigenvalue weighted by molar-refractivity contribution is 7.89. The van der Waals surface area contributed by atoms with E-state index < -0.39 is 20.9 Å². The van der Waals surface area contributed by atoms with Gasteiger partial charge in [-0.05, 0) is 12.1 Å². The fourth-order valence-corrected chi connectivity index (χ4v) is 1.78. The molecule has 15 heavy (non-hydrogen) atoms. The van der Waals surface area contributed by atoms with Crippen molar-refractivity contribution in [2.24, 2.45) is 5.14 Å². The summed E-state index contributed by atoms with van der Waals surface area (Å²) in [6.45, 7) is 0. The first-order valence-electron chi connectivity index (χ1n) is 3.80. The molecular formula is C8H9NO5S. The van der Waals surface area contributed by atoms with Gasteiger partial charge in [-0.25, -0.2) is 18.4 Å². The largest absolute Gasteiger partial charge is 0.497 e. The highest BCUT2D eigenvalue weighted by Crippen LogP contribution is 2.20. The minimum Gasteiger partial charge on any atom is -0.497 e. The van der Waals surface area contributed by atoms with Crippen LogP contribution in [-0.4, -0.2) is 26.6 Å². The topological polar surface area (TPSA) is 107 Å². The van der Waals surface area contributed by atoms with Gasteiger partial charge in [0, 0.05) is 6.07 Å². The fraction of sp³-hybridized carbons (Fsp3) is 0.125. The van der Waals surface area contributed by atoms with Gasteiger partial charge in [-0.3, -0.25) is 0 Å². The zero-order valence-corrected chi connectivity index (χ0v) is 8.61. The van der Waals surface area contributed by atoms with Gasteiger partial charge in [-0.2, -0.15) is 0 Å².